The van der Waals surface area contributed by atoms with Crippen molar-refractivity contribution in [2.75, 3.05) is 0 Å². The molecule has 0 radical (unpaired) electrons. The van der Waals surface area contributed by atoms with E-state index in [-0.39, 0.29) is 0 Å². The van der Waals surface area contributed by atoms with Gasteiger partial charge in [-0.25, -0.2) is 0 Å². The van der Waals surface area contributed by atoms with Gasteiger partial charge < -0.3 is 5.73 Å². The molecule has 1 heterocycles. The SMILES string of the molecule is C/C(N)=C/c1cn(C)nc1C.CC.CC. The van der Waals surface area contributed by atoms with Crippen molar-refractivity contribution in [2.45, 2.75) is 41.5 Å². The van der Waals surface area contributed by atoms with Gasteiger partial charge >= 0.3 is 0 Å². The summed E-state index contributed by atoms with van der Waals surface area (Å²) < 4.78 is 1.78. The minimum atomic E-state index is 0.807. The molecule has 0 saturated heterocycles. The highest BCUT2D eigenvalue weighted by Crippen LogP contribution is 2.07. The molecule has 0 aliphatic heterocycles. The van der Waals surface area contributed by atoms with Gasteiger partial charge in [-0.1, -0.05) is 27.7 Å². The van der Waals surface area contributed by atoms with E-state index in [2.05, 4.69) is 5.10 Å². The Kier molecular flexibility index (Phi) is 10.0. The van der Waals surface area contributed by atoms with E-state index in [1.54, 1.807) is 4.68 Å². The van der Waals surface area contributed by atoms with Crippen molar-refractivity contribution in [3.05, 3.63) is 23.2 Å². The third kappa shape index (κ3) is 6.77. The minimum absolute atomic E-state index is 0.807. The first kappa shape index (κ1) is 16.2. The van der Waals surface area contributed by atoms with Crippen LogP contribution in [0.3, 0.4) is 0 Å². The summed E-state index contributed by atoms with van der Waals surface area (Å²) >= 11 is 0. The average molecular weight is 211 g/mol. The molecule has 0 spiro atoms. The number of rotatable bonds is 1. The molecule has 1 aromatic heterocycles. The lowest BCUT2D eigenvalue weighted by Crippen LogP contribution is -1.89. The van der Waals surface area contributed by atoms with Gasteiger partial charge in [0.2, 0.25) is 0 Å². The van der Waals surface area contributed by atoms with Crippen LogP contribution in [-0.2, 0) is 7.05 Å². The summed E-state index contributed by atoms with van der Waals surface area (Å²) in [4.78, 5) is 0. The highest BCUT2D eigenvalue weighted by Gasteiger charge is 1.97. The van der Waals surface area contributed by atoms with Crippen molar-refractivity contribution in [2.24, 2.45) is 12.8 Å². The Hall–Kier alpha value is -1.25. The molecule has 3 nitrogen and oxygen atoms in total. The molecular formula is C12H25N3. The maximum absolute atomic E-state index is 5.53. The van der Waals surface area contributed by atoms with Crippen LogP contribution in [0.4, 0.5) is 0 Å². The largest absolute Gasteiger partial charge is 0.402 e. The molecule has 3 heteroatoms. The van der Waals surface area contributed by atoms with Crippen molar-refractivity contribution >= 4 is 6.08 Å². The number of nitrogens with zero attached hydrogens (tertiary/aromatic N) is 2. The second-order valence-corrected chi connectivity index (χ2v) is 2.73. The first-order valence-electron chi connectivity index (χ1n) is 5.53. The molecule has 0 unspecified atom stereocenters. The summed E-state index contributed by atoms with van der Waals surface area (Å²) in [5.74, 6) is 0. The highest BCUT2D eigenvalue weighted by molar-refractivity contribution is 5.52. The fraction of sp³-hybridized carbons (Fsp3) is 0.583. The third-order valence-electron chi connectivity index (χ3n) is 1.43. The average Bonchev–Trinajstić information content (AvgIpc) is 2.51. The molecule has 0 aromatic carbocycles. The Morgan fingerprint density at radius 2 is 1.80 bits per heavy atom. The van der Waals surface area contributed by atoms with Crippen molar-refractivity contribution < 1.29 is 0 Å². The van der Waals surface area contributed by atoms with Crippen molar-refractivity contribution in [3.63, 3.8) is 0 Å². The van der Waals surface area contributed by atoms with E-state index in [1.807, 2.05) is 60.9 Å². The van der Waals surface area contributed by atoms with Gasteiger partial charge in [0.1, 0.15) is 0 Å². The van der Waals surface area contributed by atoms with E-state index in [0.29, 0.717) is 0 Å². The Balaban J connectivity index is 0. The van der Waals surface area contributed by atoms with Crippen LogP contribution in [0.15, 0.2) is 11.9 Å². The molecule has 2 N–H and O–H groups in total. The van der Waals surface area contributed by atoms with Gasteiger partial charge in [0.25, 0.3) is 0 Å². The molecule has 0 amide bonds. The summed E-state index contributed by atoms with van der Waals surface area (Å²) in [5.41, 5.74) is 8.43. The molecule has 1 rings (SSSR count). The molecule has 88 valence electrons. The molecule has 0 fully saturated rings. The van der Waals surface area contributed by atoms with Crippen LogP contribution in [0.2, 0.25) is 0 Å². The van der Waals surface area contributed by atoms with Crippen molar-refractivity contribution in [1.29, 1.82) is 0 Å². The van der Waals surface area contributed by atoms with Crippen LogP contribution in [0.25, 0.3) is 6.08 Å². The molecule has 15 heavy (non-hydrogen) atoms. The van der Waals surface area contributed by atoms with E-state index in [1.165, 1.54) is 0 Å². The number of hydrogen-bond acceptors (Lipinski definition) is 2. The zero-order valence-corrected chi connectivity index (χ0v) is 11.1. The lowest BCUT2D eigenvalue weighted by atomic mass is 10.2. The predicted molar refractivity (Wildman–Crippen MR) is 68.5 cm³/mol. The van der Waals surface area contributed by atoms with Gasteiger partial charge in [-0.3, -0.25) is 4.68 Å². The predicted octanol–water partition coefficient (Wildman–Crippen LogP) is 3.10. The Morgan fingerprint density at radius 3 is 2.07 bits per heavy atom. The lowest BCUT2D eigenvalue weighted by molar-refractivity contribution is 0.756. The van der Waals surface area contributed by atoms with Crippen LogP contribution >= 0.6 is 0 Å². The number of allylic oxidation sites excluding steroid dienone is 1. The zero-order valence-electron chi connectivity index (χ0n) is 11.1. The topological polar surface area (TPSA) is 43.8 Å². The normalized spacial score (nSPS) is 9.67. The molecule has 0 bridgehead atoms. The maximum atomic E-state index is 5.53. The van der Waals surface area contributed by atoms with Crippen molar-refractivity contribution in [3.8, 4) is 0 Å². The fourth-order valence-electron chi connectivity index (χ4n) is 1.00. The number of nitrogens with two attached hydrogens (primary N) is 1. The monoisotopic (exact) mass is 211 g/mol. The van der Waals surface area contributed by atoms with E-state index >= 15 is 0 Å². The summed E-state index contributed by atoms with van der Waals surface area (Å²) in [5, 5.41) is 4.18. The van der Waals surface area contributed by atoms with Gasteiger partial charge in [0.05, 0.1) is 5.69 Å². The molecule has 0 aliphatic carbocycles. The van der Waals surface area contributed by atoms with E-state index < -0.39 is 0 Å². The Labute approximate surface area is 94.0 Å². The first-order chi connectivity index (χ1) is 7.09. The number of aromatic nitrogens is 2. The van der Waals surface area contributed by atoms with Gasteiger partial charge in [-0.15, -0.1) is 0 Å². The minimum Gasteiger partial charge on any atom is -0.402 e. The quantitative estimate of drug-likeness (QED) is 0.775. The molecule has 1 aromatic rings. The van der Waals surface area contributed by atoms with E-state index in [9.17, 15) is 0 Å². The van der Waals surface area contributed by atoms with Gasteiger partial charge in [0.15, 0.2) is 0 Å². The van der Waals surface area contributed by atoms with Crippen LogP contribution in [-0.4, -0.2) is 9.78 Å². The zero-order chi connectivity index (χ0) is 12.4. The second kappa shape index (κ2) is 9.31. The Bertz CT molecular complexity index is 281. The maximum Gasteiger partial charge on any atom is 0.0666 e. The second-order valence-electron chi connectivity index (χ2n) is 2.73. The van der Waals surface area contributed by atoms with E-state index in [4.69, 9.17) is 5.73 Å². The van der Waals surface area contributed by atoms with Crippen LogP contribution in [0.1, 0.15) is 45.9 Å². The Morgan fingerprint density at radius 1 is 1.33 bits per heavy atom. The lowest BCUT2D eigenvalue weighted by Gasteiger charge is -1.88. The standard InChI is InChI=1S/C8H13N3.2C2H6/c1-6(9)4-8-5-11(3)10-7(8)2;2*1-2/h4-5H,9H2,1-3H3;2*1-2H3/b6-4-;;. The molecule has 0 atom stereocenters. The smallest absolute Gasteiger partial charge is 0.0666 e. The van der Waals surface area contributed by atoms with Gasteiger partial charge in [-0.2, -0.15) is 5.10 Å². The molecule has 0 saturated carbocycles. The third-order valence-corrected chi connectivity index (χ3v) is 1.43. The van der Waals surface area contributed by atoms with Crippen LogP contribution < -0.4 is 5.73 Å². The number of hydrogen-bond donors (Lipinski definition) is 1. The van der Waals surface area contributed by atoms with Gasteiger partial charge in [0, 0.05) is 24.5 Å². The fourth-order valence-corrected chi connectivity index (χ4v) is 1.00. The molecular weight excluding hydrogens is 186 g/mol. The summed E-state index contributed by atoms with van der Waals surface area (Å²) in [6.45, 7) is 11.8. The number of aryl methyl sites for hydroxylation is 2. The van der Waals surface area contributed by atoms with Crippen LogP contribution in [0.5, 0.6) is 0 Å². The summed E-state index contributed by atoms with van der Waals surface area (Å²) in [6, 6.07) is 0. The van der Waals surface area contributed by atoms with Gasteiger partial charge in [-0.05, 0) is 19.9 Å². The van der Waals surface area contributed by atoms with Crippen molar-refractivity contribution in [1.82, 2.24) is 9.78 Å². The summed E-state index contributed by atoms with van der Waals surface area (Å²) in [6.07, 6.45) is 3.87. The van der Waals surface area contributed by atoms with Crippen LogP contribution in [0, 0.1) is 6.92 Å². The van der Waals surface area contributed by atoms with E-state index in [0.717, 1.165) is 17.0 Å². The highest BCUT2D eigenvalue weighted by atomic mass is 15.2. The summed E-state index contributed by atoms with van der Waals surface area (Å²) in [7, 11) is 1.90. The first-order valence-corrected chi connectivity index (χ1v) is 5.53. The molecule has 0 aliphatic rings.